The normalized spacial score (nSPS) is 15.3. The molecular weight excluding hydrogens is 683 g/mol. The highest BCUT2D eigenvalue weighted by Crippen LogP contribution is 2.47. The molecule has 3 nitrogen and oxygen atoms in total. The molecule has 11 aromatic rings. The molecule has 56 heavy (non-hydrogen) atoms. The van der Waals surface area contributed by atoms with Crippen molar-refractivity contribution in [1.29, 1.82) is 0 Å². The number of aliphatic imine (C=N–C) groups is 1. The number of allylic oxidation sites excluding steroid dienone is 2. The van der Waals surface area contributed by atoms with Crippen molar-refractivity contribution in [3.63, 3.8) is 0 Å². The van der Waals surface area contributed by atoms with Crippen LogP contribution >= 0.6 is 0 Å². The van der Waals surface area contributed by atoms with Gasteiger partial charge in [-0.05, 0) is 92.2 Å². The number of hydrogen-bond donors (Lipinski definition) is 0. The lowest BCUT2D eigenvalue weighted by Crippen LogP contribution is -2.08. The fourth-order valence-electron chi connectivity index (χ4n) is 9.19. The van der Waals surface area contributed by atoms with Gasteiger partial charge in [-0.1, -0.05) is 146 Å². The highest BCUT2D eigenvalue weighted by atomic mass is 16.3. The number of aryl methyl sites for hydroxylation is 1. The molecule has 0 unspecified atom stereocenters. The van der Waals surface area contributed by atoms with E-state index in [-0.39, 0.29) is 0 Å². The van der Waals surface area contributed by atoms with Gasteiger partial charge in [0.2, 0.25) is 5.88 Å². The van der Waals surface area contributed by atoms with Crippen LogP contribution in [0.1, 0.15) is 23.1 Å². The van der Waals surface area contributed by atoms with Gasteiger partial charge in [-0.3, -0.25) is 0 Å². The maximum absolute atomic E-state index is 7.16. The molecule has 9 aromatic carbocycles. The summed E-state index contributed by atoms with van der Waals surface area (Å²) in [5, 5.41) is 12.6. The van der Waals surface area contributed by atoms with E-state index in [0.717, 1.165) is 101 Å². The zero-order valence-corrected chi connectivity index (χ0v) is 30.4. The average molecular weight is 716 g/mol. The minimum atomic E-state index is 0.667. The van der Waals surface area contributed by atoms with Gasteiger partial charge in [-0.2, -0.15) is 0 Å². The van der Waals surface area contributed by atoms with Gasteiger partial charge >= 0.3 is 0 Å². The van der Waals surface area contributed by atoms with Crippen molar-refractivity contribution in [2.24, 2.45) is 4.99 Å². The lowest BCUT2D eigenvalue weighted by Gasteiger charge is -2.19. The topological polar surface area (TPSA) is 38.6 Å². The summed E-state index contributed by atoms with van der Waals surface area (Å²) in [5.74, 6) is 0.667. The van der Waals surface area contributed by atoms with E-state index in [0.29, 0.717) is 5.88 Å². The van der Waals surface area contributed by atoms with Crippen molar-refractivity contribution in [2.75, 3.05) is 0 Å². The van der Waals surface area contributed by atoms with Crippen LogP contribution in [0.3, 0.4) is 0 Å². The highest BCUT2D eigenvalue weighted by molar-refractivity contribution is 6.43. The number of rotatable bonds is 3. The molecule has 3 heteroatoms. The SMILES string of the molecule is C1=C(c2cccc(-c3ccccc3)c2)\C(c2cc3ccccc3c3c4ccccc4c4c5cc6ccccc6cc5oc4c23)=N/c2oc3ccccc3c2CC/1. The standard InChI is InChI=1S/C53H33NO2/c1-2-14-32(15-3-1)33-19-12-20-36(28-33)39-25-13-26-43-40-22-10-11-27-46(40)56-53(43)54-51(39)45-30-37-18-6-7-21-38(37)48-41-23-8-9-24-42(41)49-44-29-34-16-4-5-17-35(34)31-47(44)55-52(49)50(45)48/h1-12,14-25,27-31H,13,26H2/b39-25-,54-51+. The summed E-state index contributed by atoms with van der Waals surface area (Å²) in [4.78, 5) is 5.65. The van der Waals surface area contributed by atoms with Crippen molar-refractivity contribution in [1.82, 2.24) is 0 Å². The molecule has 0 atom stereocenters. The fraction of sp³-hybridized carbons (Fsp3) is 0.0377. The summed E-state index contributed by atoms with van der Waals surface area (Å²) in [6, 6.07) is 60.7. The molecule has 0 fully saturated rings. The van der Waals surface area contributed by atoms with E-state index in [9.17, 15) is 0 Å². The minimum Gasteiger partial charge on any atom is -0.455 e. The van der Waals surface area contributed by atoms with E-state index in [1.807, 2.05) is 12.1 Å². The van der Waals surface area contributed by atoms with E-state index in [4.69, 9.17) is 13.8 Å². The quantitative estimate of drug-likeness (QED) is 0.171. The van der Waals surface area contributed by atoms with Crippen LogP contribution in [-0.4, -0.2) is 5.71 Å². The molecule has 1 aliphatic rings. The molecule has 12 rings (SSSR count). The zero-order valence-electron chi connectivity index (χ0n) is 30.4. The fourth-order valence-corrected chi connectivity index (χ4v) is 9.19. The highest BCUT2D eigenvalue weighted by Gasteiger charge is 2.27. The third kappa shape index (κ3) is 4.67. The van der Waals surface area contributed by atoms with E-state index in [1.54, 1.807) is 0 Å². The van der Waals surface area contributed by atoms with Crippen LogP contribution in [0, 0.1) is 0 Å². The van der Waals surface area contributed by atoms with Crippen molar-refractivity contribution in [3.05, 3.63) is 193 Å². The van der Waals surface area contributed by atoms with Crippen LogP contribution < -0.4 is 0 Å². The third-order valence-corrected chi connectivity index (χ3v) is 11.7. The predicted molar refractivity (Wildman–Crippen MR) is 234 cm³/mol. The molecule has 0 saturated carbocycles. The van der Waals surface area contributed by atoms with E-state index in [1.165, 1.54) is 27.1 Å². The molecule has 0 aliphatic carbocycles. The summed E-state index contributed by atoms with van der Waals surface area (Å²) in [5.41, 5.74) is 10.2. The predicted octanol–water partition coefficient (Wildman–Crippen LogP) is 14.8. The molecule has 3 heterocycles. The van der Waals surface area contributed by atoms with Crippen LogP contribution in [0.4, 0.5) is 5.88 Å². The molecule has 0 bridgehead atoms. The van der Waals surface area contributed by atoms with Crippen LogP contribution in [-0.2, 0) is 6.42 Å². The van der Waals surface area contributed by atoms with Gasteiger partial charge < -0.3 is 8.83 Å². The number of nitrogens with zero attached hydrogens (tertiary/aromatic N) is 1. The Kier molecular flexibility index (Phi) is 6.75. The van der Waals surface area contributed by atoms with Gasteiger partial charge in [0.1, 0.15) is 16.7 Å². The van der Waals surface area contributed by atoms with Gasteiger partial charge in [-0.15, -0.1) is 0 Å². The van der Waals surface area contributed by atoms with E-state index >= 15 is 0 Å². The average Bonchev–Trinajstić information content (AvgIpc) is 3.79. The minimum absolute atomic E-state index is 0.667. The van der Waals surface area contributed by atoms with Crippen LogP contribution in [0.15, 0.2) is 190 Å². The Morgan fingerprint density at radius 2 is 1.09 bits per heavy atom. The molecule has 0 radical (unpaired) electrons. The van der Waals surface area contributed by atoms with Crippen LogP contribution in [0.5, 0.6) is 0 Å². The van der Waals surface area contributed by atoms with E-state index in [2.05, 4.69) is 164 Å². The summed E-state index contributed by atoms with van der Waals surface area (Å²) < 4.78 is 13.8. The summed E-state index contributed by atoms with van der Waals surface area (Å²) in [6.45, 7) is 0. The summed E-state index contributed by atoms with van der Waals surface area (Å²) >= 11 is 0. The van der Waals surface area contributed by atoms with Gasteiger partial charge in [0.15, 0.2) is 0 Å². The largest absolute Gasteiger partial charge is 0.455 e. The van der Waals surface area contributed by atoms with Crippen molar-refractivity contribution < 1.29 is 8.83 Å². The molecule has 2 aromatic heterocycles. The van der Waals surface area contributed by atoms with E-state index < -0.39 is 0 Å². The monoisotopic (exact) mass is 715 g/mol. The lowest BCUT2D eigenvalue weighted by molar-refractivity contribution is 0.620. The maximum Gasteiger partial charge on any atom is 0.223 e. The first kappa shape index (κ1) is 31.2. The third-order valence-electron chi connectivity index (χ3n) is 11.7. The van der Waals surface area contributed by atoms with Gasteiger partial charge in [0.25, 0.3) is 0 Å². The second kappa shape index (κ2) is 12.1. The number of hydrogen-bond acceptors (Lipinski definition) is 3. The zero-order chi connectivity index (χ0) is 36.7. The Hall–Kier alpha value is -7.23. The van der Waals surface area contributed by atoms with Crippen molar-refractivity contribution in [2.45, 2.75) is 12.8 Å². The molecule has 262 valence electrons. The number of benzene rings is 9. The van der Waals surface area contributed by atoms with Crippen LogP contribution in [0.25, 0.3) is 92.7 Å². The first-order valence-corrected chi connectivity index (χ1v) is 19.3. The number of furan rings is 2. The molecular formula is C53H33NO2. The Morgan fingerprint density at radius 1 is 0.429 bits per heavy atom. The second-order valence-corrected chi connectivity index (χ2v) is 14.9. The Balaban J connectivity index is 1.25. The molecule has 0 amide bonds. The van der Waals surface area contributed by atoms with Gasteiger partial charge in [0, 0.05) is 43.6 Å². The second-order valence-electron chi connectivity index (χ2n) is 14.9. The van der Waals surface area contributed by atoms with Crippen LogP contribution in [0.2, 0.25) is 0 Å². The first-order valence-electron chi connectivity index (χ1n) is 19.3. The molecule has 1 aliphatic heterocycles. The lowest BCUT2D eigenvalue weighted by atomic mass is 9.85. The van der Waals surface area contributed by atoms with Gasteiger partial charge in [-0.25, -0.2) is 4.99 Å². The number of fused-ring (bicyclic) bond motifs is 14. The molecule has 0 N–H and O–H groups in total. The smallest absolute Gasteiger partial charge is 0.223 e. The summed E-state index contributed by atoms with van der Waals surface area (Å²) in [6.07, 6.45) is 4.05. The Labute approximate surface area is 322 Å². The summed E-state index contributed by atoms with van der Waals surface area (Å²) in [7, 11) is 0. The van der Waals surface area contributed by atoms with Gasteiger partial charge in [0.05, 0.1) is 5.71 Å². The Morgan fingerprint density at radius 3 is 1.93 bits per heavy atom. The number of para-hydroxylation sites is 1. The van der Waals surface area contributed by atoms with Crippen molar-refractivity contribution >= 4 is 93.2 Å². The van der Waals surface area contributed by atoms with Crippen molar-refractivity contribution in [3.8, 4) is 11.1 Å². The molecule has 0 saturated heterocycles. The first-order chi connectivity index (χ1) is 27.8. The molecule has 0 spiro atoms. The maximum atomic E-state index is 7.16. The Bertz CT molecular complexity index is 3470.